The van der Waals surface area contributed by atoms with E-state index in [1.54, 1.807) is 30.5 Å². The molecule has 0 unspecified atom stereocenters. The number of carbonyl (C=O) groups excluding carboxylic acids is 1. The van der Waals surface area contributed by atoms with Gasteiger partial charge >= 0.3 is 0 Å². The summed E-state index contributed by atoms with van der Waals surface area (Å²) in [5.41, 5.74) is 2.85. The Bertz CT molecular complexity index is 1120. The topological polar surface area (TPSA) is 94.2 Å². The van der Waals surface area contributed by atoms with Crippen LogP contribution in [0.3, 0.4) is 0 Å². The summed E-state index contributed by atoms with van der Waals surface area (Å²) < 4.78 is 1.36. The number of rotatable bonds is 5. The van der Waals surface area contributed by atoms with Gasteiger partial charge in [0.15, 0.2) is 0 Å². The fourth-order valence-corrected chi connectivity index (χ4v) is 2.82. The minimum atomic E-state index is -0.498. The van der Waals surface area contributed by atoms with Crippen LogP contribution in [0.15, 0.2) is 65.6 Å². The van der Waals surface area contributed by atoms with Crippen molar-refractivity contribution in [3.63, 3.8) is 0 Å². The van der Waals surface area contributed by atoms with Gasteiger partial charge in [-0.25, -0.2) is 0 Å². The number of nitrogens with one attached hydrogen (secondary N) is 1. The Balaban J connectivity index is 1.85. The number of non-ortho nitro benzene ring substituents is 1. The largest absolute Gasteiger partial charge is 0.322 e. The quantitative estimate of drug-likeness (QED) is 0.542. The van der Waals surface area contributed by atoms with Gasteiger partial charge in [-0.2, -0.15) is 0 Å². The SMILES string of the molecule is Cc1ccc(NC(=O)c2cccn(Cc3cccc([N+](=O)[O-])c3)c2=O)cc1C. The Morgan fingerprint density at radius 1 is 1.07 bits per heavy atom. The van der Waals surface area contributed by atoms with Gasteiger partial charge in [-0.15, -0.1) is 0 Å². The molecule has 0 fully saturated rings. The number of nitrogens with zero attached hydrogens (tertiary/aromatic N) is 2. The molecule has 0 radical (unpaired) electrons. The summed E-state index contributed by atoms with van der Waals surface area (Å²) in [4.78, 5) is 35.7. The molecule has 3 rings (SSSR count). The third-order valence-corrected chi connectivity index (χ3v) is 4.50. The van der Waals surface area contributed by atoms with Gasteiger partial charge in [-0.05, 0) is 54.8 Å². The predicted octanol–water partition coefficient (Wildman–Crippen LogP) is 3.67. The first-order valence-electron chi connectivity index (χ1n) is 8.66. The normalized spacial score (nSPS) is 10.5. The third-order valence-electron chi connectivity index (χ3n) is 4.50. The average molecular weight is 377 g/mol. The smallest absolute Gasteiger partial charge is 0.269 e. The maximum atomic E-state index is 12.7. The number of aromatic nitrogens is 1. The van der Waals surface area contributed by atoms with Crippen LogP contribution in [0.1, 0.15) is 27.0 Å². The highest BCUT2D eigenvalue weighted by molar-refractivity contribution is 6.04. The van der Waals surface area contributed by atoms with Crippen LogP contribution in [0.4, 0.5) is 11.4 Å². The van der Waals surface area contributed by atoms with Crippen LogP contribution in [-0.4, -0.2) is 15.4 Å². The van der Waals surface area contributed by atoms with E-state index in [0.29, 0.717) is 11.3 Å². The second kappa shape index (κ2) is 7.87. The molecule has 142 valence electrons. The van der Waals surface area contributed by atoms with E-state index < -0.39 is 16.4 Å². The van der Waals surface area contributed by atoms with E-state index in [4.69, 9.17) is 0 Å². The zero-order valence-electron chi connectivity index (χ0n) is 15.5. The summed E-state index contributed by atoms with van der Waals surface area (Å²) in [6.07, 6.45) is 1.55. The summed E-state index contributed by atoms with van der Waals surface area (Å²) in [5, 5.41) is 13.7. The van der Waals surface area contributed by atoms with Crippen molar-refractivity contribution in [1.82, 2.24) is 4.57 Å². The molecule has 0 aliphatic rings. The number of benzene rings is 2. The van der Waals surface area contributed by atoms with E-state index in [-0.39, 0.29) is 17.8 Å². The van der Waals surface area contributed by atoms with Crippen molar-refractivity contribution in [3.05, 3.63) is 104 Å². The number of aryl methyl sites for hydroxylation is 2. The number of anilines is 1. The molecule has 2 aromatic carbocycles. The van der Waals surface area contributed by atoms with Crippen molar-refractivity contribution in [3.8, 4) is 0 Å². The minimum absolute atomic E-state index is 0.00570. The molecule has 1 heterocycles. The second-order valence-electron chi connectivity index (χ2n) is 6.54. The molecule has 0 atom stereocenters. The molecule has 1 amide bonds. The third kappa shape index (κ3) is 4.15. The standard InChI is InChI=1S/C21H19N3O4/c1-14-8-9-17(11-15(14)2)22-20(25)19-7-4-10-23(21(19)26)13-16-5-3-6-18(12-16)24(27)28/h3-12H,13H2,1-2H3,(H,22,25). The predicted molar refractivity (Wildman–Crippen MR) is 107 cm³/mol. The zero-order chi connectivity index (χ0) is 20.3. The van der Waals surface area contributed by atoms with Crippen LogP contribution < -0.4 is 10.9 Å². The van der Waals surface area contributed by atoms with Gasteiger partial charge in [-0.1, -0.05) is 18.2 Å². The number of nitro groups is 1. The van der Waals surface area contributed by atoms with Crippen molar-refractivity contribution < 1.29 is 9.72 Å². The molecule has 3 aromatic rings. The van der Waals surface area contributed by atoms with Crippen LogP contribution >= 0.6 is 0 Å². The minimum Gasteiger partial charge on any atom is -0.322 e. The summed E-state index contributed by atoms with van der Waals surface area (Å²) in [7, 11) is 0. The number of hydrogen-bond donors (Lipinski definition) is 1. The second-order valence-corrected chi connectivity index (χ2v) is 6.54. The average Bonchev–Trinajstić information content (AvgIpc) is 2.66. The van der Waals surface area contributed by atoms with Gasteiger partial charge in [0.25, 0.3) is 17.2 Å². The molecule has 1 N–H and O–H groups in total. The molecule has 28 heavy (non-hydrogen) atoms. The van der Waals surface area contributed by atoms with E-state index in [9.17, 15) is 19.7 Å². The Kier molecular flexibility index (Phi) is 5.35. The lowest BCUT2D eigenvalue weighted by atomic mass is 10.1. The molecular weight excluding hydrogens is 358 g/mol. The summed E-state index contributed by atoms with van der Waals surface area (Å²) in [6, 6.07) is 14.7. The highest BCUT2D eigenvalue weighted by atomic mass is 16.6. The van der Waals surface area contributed by atoms with Crippen molar-refractivity contribution in [2.45, 2.75) is 20.4 Å². The number of carbonyl (C=O) groups is 1. The molecule has 0 aliphatic carbocycles. The molecule has 7 heteroatoms. The highest BCUT2D eigenvalue weighted by Gasteiger charge is 2.14. The lowest BCUT2D eigenvalue weighted by molar-refractivity contribution is -0.384. The number of pyridine rings is 1. The lowest BCUT2D eigenvalue weighted by Crippen LogP contribution is -2.29. The number of hydrogen-bond acceptors (Lipinski definition) is 4. The van der Waals surface area contributed by atoms with Crippen molar-refractivity contribution in [2.24, 2.45) is 0 Å². The Morgan fingerprint density at radius 2 is 1.86 bits per heavy atom. The fraction of sp³-hybridized carbons (Fsp3) is 0.143. The van der Waals surface area contributed by atoms with Gasteiger partial charge in [0.05, 0.1) is 11.5 Å². The fourth-order valence-electron chi connectivity index (χ4n) is 2.82. The summed E-state index contributed by atoms with van der Waals surface area (Å²) >= 11 is 0. The Morgan fingerprint density at radius 3 is 2.57 bits per heavy atom. The van der Waals surface area contributed by atoms with E-state index in [1.165, 1.54) is 22.8 Å². The van der Waals surface area contributed by atoms with Crippen LogP contribution in [0.5, 0.6) is 0 Å². The first-order chi connectivity index (χ1) is 13.3. The van der Waals surface area contributed by atoms with Gasteiger partial charge in [0.1, 0.15) is 5.56 Å². The molecular formula is C21H19N3O4. The summed E-state index contributed by atoms with van der Waals surface area (Å²) in [6.45, 7) is 4.05. The van der Waals surface area contributed by atoms with Gasteiger partial charge in [0.2, 0.25) is 0 Å². The molecule has 0 aliphatic heterocycles. The molecule has 0 saturated carbocycles. The number of amides is 1. The highest BCUT2D eigenvalue weighted by Crippen LogP contribution is 2.15. The van der Waals surface area contributed by atoms with Crippen LogP contribution in [0.25, 0.3) is 0 Å². The molecule has 7 nitrogen and oxygen atoms in total. The van der Waals surface area contributed by atoms with Gasteiger partial charge in [-0.3, -0.25) is 19.7 Å². The van der Waals surface area contributed by atoms with Crippen LogP contribution in [0.2, 0.25) is 0 Å². The molecule has 0 saturated heterocycles. The van der Waals surface area contributed by atoms with Gasteiger partial charge in [0, 0.05) is 24.0 Å². The first kappa shape index (κ1) is 19.0. The maximum Gasteiger partial charge on any atom is 0.269 e. The van der Waals surface area contributed by atoms with Gasteiger partial charge < -0.3 is 9.88 Å². The van der Waals surface area contributed by atoms with Crippen molar-refractivity contribution in [1.29, 1.82) is 0 Å². The molecule has 1 aromatic heterocycles. The Hall–Kier alpha value is -3.74. The number of nitro benzene ring substituents is 1. The first-order valence-corrected chi connectivity index (χ1v) is 8.66. The van der Waals surface area contributed by atoms with Crippen molar-refractivity contribution >= 4 is 17.3 Å². The zero-order valence-corrected chi connectivity index (χ0v) is 15.5. The Labute approximate surface area is 161 Å². The van der Waals surface area contributed by atoms with Crippen LogP contribution in [0, 0.1) is 24.0 Å². The monoisotopic (exact) mass is 377 g/mol. The van der Waals surface area contributed by atoms with Crippen LogP contribution in [-0.2, 0) is 6.54 Å². The van der Waals surface area contributed by atoms with E-state index >= 15 is 0 Å². The van der Waals surface area contributed by atoms with E-state index in [1.807, 2.05) is 26.0 Å². The summed E-state index contributed by atoms with van der Waals surface area (Å²) in [5.74, 6) is -0.498. The molecule has 0 bridgehead atoms. The van der Waals surface area contributed by atoms with E-state index in [0.717, 1.165) is 11.1 Å². The van der Waals surface area contributed by atoms with Crippen molar-refractivity contribution in [2.75, 3.05) is 5.32 Å². The lowest BCUT2D eigenvalue weighted by Gasteiger charge is -2.10. The van der Waals surface area contributed by atoms with E-state index in [2.05, 4.69) is 5.32 Å². The maximum absolute atomic E-state index is 12.7. The molecule has 0 spiro atoms.